The van der Waals surface area contributed by atoms with Gasteiger partial charge in [-0.05, 0) is 48.1 Å². The Kier molecular flexibility index (Phi) is 6.62. The summed E-state index contributed by atoms with van der Waals surface area (Å²) in [4.78, 5) is 4.70. The van der Waals surface area contributed by atoms with Crippen molar-refractivity contribution in [1.29, 1.82) is 0 Å². The standard InChI is InChI=1S/C18H28N6OS/c1-13(15-6-8-26-12-15)9-19-18(20-10-16-5-4-7-25-16)21-11-17-23-22-14(2)24(17)3/h6,8,12-13,16H,4-5,7,9-11H2,1-3H3,(H2,19,20,21). The van der Waals surface area contributed by atoms with Crippen LogP contribution in [-0.2, 0) is 18.3 Å². The normalized spacial score (nSPS) is 18.9. The van der Waals surface area contributed by atoms with E-state index in [0.717, 1.165) is 50.1 Å². The molecule has 2 aromatic heterocycles. The van der Waals surface area contributed by atoms with Crippen LogP contribution in [0.4, 0.5) is 0 Å². The largest absolute Gasteiger partial charge is 0.376 e. The highest BCUT2D eigenvalue weighted by Gasteiger charge is 2.16. The van der Waals surface area contributed by atoms with Crippen molar-refractivity contribution < 1.29 is 4.74 Å². The summed E-state index contributed by atoms with van der Waals surface area (Å²) in [6.45, 7) is 7.11. The summed E-state index contributed by atoms with van der Waals surface area (Å²) >= 11 is 1.73. The van der Waals surface area contributed by atoms with Crippen LogP contribution in [0.15, 0.2) is 21.8 Å². The number of aromatic nitrogens is 3. The van der Waals surface area contributed by atoms with Crippen LogP contribution in [0.25, 0.3) is 0 Å². The van der Waals surface area contributed by atoms with Crippen molar-refractivity contribution in [3.05, 3.63) is 34.0 Å². The highest BCUT2D eigenvalue weighted by Crippen LogP contribution is 2.17. The van der Waals surface area contributed by atoms with Crippen LogP contribution >= 0.6 is 11.3 Å². The number of rotatable bonds is 7. The van der Waals surface area contributed by atoms with Crippen LogP contribution in [0.3, 0.4) is 0 Å². The van der Waals surface area contributed by atoms with Gasteiger partial charge in [0, 0.05) is 26.7 Å². The fourth-order valence-corrected chi connectivity index (χ4v) is 3.63. The molecule has 26 heavy (non-hydrogen) atoms. The van der Waals surface area contributed by atoms with E-state index in [-0.39, 0.29) is 6.10 Å². The zero-order valence-corrected chi connectivity index (χ0v) is 16.6. The predicted octanol–water partition coefficient (Wildman–Crippen LogP) is 2.20. The van der Waals surface area contributed by atoms with Gasteiger partial charge in [0.25, 0.3) is 0 Å². The van der Waals surface area contributed by atoms with E-state index in [9.17, 15) is 0 Å². The summed E-state index contributed by atoms with van der Waals surface area (Å²) in [5, 5.41) is 19.5. The molecule has 2 atom stereocenters. The van der Waals surface area contributed by atoms with Gasteiger partial charge in [-0.3, -0.25) is 0 Å². The zero-order valence-electron chi connectivity index (χ0n) is 15.7. The Morgan fingerprint density at radius 3 is 3.00 bits per heavy atom. The topological polar surface area (TPSA) is 76.4 Å². The van der Waals surface area contributed by atoms with Gasteiger partial charge in [0.15, 0.2) is 11.8 Å². The molecule has 1 aliphatic heterocycles. The average Bonchev–Trinajstić information content (AvgIpc) is 3.39. The molecule has 0 bridgehead atoms. The van der Waals surface area contributed by atoms with E-state index >= 15 is 0 Å². The molecule has 2 unspecified atom stereocenters. The fraction of sp³-hybridized carbons (Fsp3) is 0.611. The lowest BCUT2D eigenvalue weighted by molar-refractivity contribution is 0.114. The van der Waals surface area contributed by atoms with Gasteiger partial charge in [0.05, 0.1) is 6.10 Å². The number of nitrogens with one attached hydrogen (secondary N) is 2. The molecule has 3 rings (SSSR count). The van der Waals surface area contributed by atoms with Crippen molar-refractivity contribution in [3.8, 4) is 0 Å². The molecule has 8 heteroatoms. The van der Waals surface area contributed by atoms with Gasteiger partial charge < -0.3 is 19.9 Å². The molecule has 0 aliphatic carbocycles. The summed E-state index contributed by atoms with van der Waals surface area (Å²) in [5.41, 5.74) is 1.35. The van der Waals surface area contributed by atoms with Crippen molar-refractivity contribution in [3.63, 3.8) is 0 Å². The van der Waals surface area contributed by atoms with Crippen LogP contribution in [0, 0.1) is 6.92 Å². The second-order valence-corrected chi connectivity index (χ2v) is 7.52. The molecule has 0 saturated carbocycles. The molecule has 1 saturated heterocycles. The minimum Gasteiger partial charge on any atom is -0.376 e. The van der Waals surface area contributed by atoms with E-state index in [0.29, 0.717) is 12.5 Å². The maximum absolute atomic E-state index is 5.70. The molecule has 0 aromatic carbocycles. The number of guanidine groups is 1. The number of hydrogen-bond acceptors (Lipinski definition) is 5. The minimum atomic E-state index is 0.272. The maximum Gasteiger partial charge on any atom is 0.191 e. The van der Waals surface area contributed by atoms with E-state index in [1.165, 1.54) is 5.56 Å². The molecule has 7 nitrogen and oxygen atoms in total. The van der Waals surface area contributed by atoms with Crippen LogP contribution in [0.2, 0.25) is 0 Å². The summed E-state index contributed by atoms with van der Waals surface area (Å²) in [5.74, 6) is 2.96. The lowest BCUT2D eigenvalue weighted by Gasteiger charge is -2.18. The van der Waals surface area contributed by atoms with Crippen LogP contribution in [0.1, 0.15) is 42.9 Å². The smallest absolute Gasteiger partial charge is 0.191 e. The van der Waals surface area contributed by atoms with E-state index in [4.69, 9.17) is 9.73 Å². The molecular formula is C18H28N6OS. The fourth-order valence-electron chi connectivity index (χ4n) is 2.85. The first kappa shape index (κ1) is 18.8. The summed E-state index contributed by atoms with van der Waals surface area (Å²) in [6, 6.07) is 2.18. The summed E-state index contributed by atoms with van der Waals surface area (Å²) < 4.78 is 7.67. The minimum absolute atomic E-state index is 0.272. The van der Waals surface area contributed by atoms with Crippen LogP contribution in [0.5, 0.6) is 0 Å². The molecule has 1 aliphatic rings. The van der Waals surface area contributed by atoms with Gasteiger partial charge in [-0.25, -0.2) is 4.99 Å². The third-order valence-electron chi connectivity index (χ3n) is 4.77. The highest BCUT2D eigenvalue weighted by atomic mass is 32.1. The Labute approximate surface area is 158 Å². The highest BCUT2D eigenvalue weighted by molar-refractivity contribution is 7.07. The van der Waals surface area contributed by atoms with Crippen molar-refractivity contribution in [2.75, 3.05) is 19.7 Å². The van der Waals surface area contributed by atoms with Crippen LogP contribution < -0.4 is 10.6 Å². The van der Waals surface area contributed by atoms with Gasteiger partial charge in [0.1, 0.15) is 12.4 Å². The quantitative estimate of drug-likeness (QED) is 0.572. The zero-order chi connectivity index (χ0) is 18.4. The molecule has 0 spiro atoms. The van der Waals surface area contributed by atoms with Crippen molar-refractivity contribution in [1.82, 2.24) is 25.4 Å². The number of aliphatic imine (C=N–C) groups is 1. The second kappa shape index (κ2) is 9.14. The Morgan fingerprint density at radius 1 is 1.46 bits per heavy atom. The van der Waals surface area contributed by atoms with Gasteiger partial charge in [-0.2, -0.15) is 11.3 Å². The number of nitrogens with zero attached hydrogens (tertiary/aromatic N) is 4. The lowest BCUT2D eigenvalue weighted by atomic mass is 10.1. The first-order valence-corrected chi connectivity index (χ1v) is 10.1. The molecule has 1 fully saturated rings. The number of aryl methyl sites for hydroxylation is 1. The third-order valence-corrected chi connectivity index (χ3v) is 5.47. The van der Waals surface area contributed by atoms with Crippen molar-refractivity contribution in [2.45, 2.75) is 45.3 Å². The summed E-state index contributed by atoms with van der Waals surface area (Å²) in [6.07, 6.45) is 2.52. The van der Waals surface area contributed by atoms with Crippen LogP contribution in [-0.4, -0.2) is 46.5 Å². The summed E-state index contributed by atoms with van der Waals surface area (Å²) in [7, 11) is 1.96. The van der Waals surface area contributed by atoms with E-state index in [1.54, 1.807) is 11.3 Å². The van der Waals surface area contributed by atoms with Gasteiger partial charge in [0.2, 0.25) is 0 Å². The average molecular weight is 377 g/mol. The van der Waals surface area contributed by atoms with E-state index in [2.05, 4.69) is 44.6 Å². The second-order valence-electron chi connectivity index (χ2n) is 6.74. The van der Waals surface area contributed by atoms with Gasteiger partial charge in [-0.1, -0.05) is 6.92 Å². The first-order valence-electron chi connectivity index (χ1n) is 9.14. The molecule has 0 radical (unpaired) electrons. The van der Waals surface area contributed by atoms with Crippen molar-refractivity contribution >= 4 is 17.3 Å². The van der Waals surface area contributed by atoms with Crippen molar-refractivity contribution in [2.24, 2.45) is 12.0 Å². The number of thiophene rings is 1. The van der Waals surface area contributed by atoms with E-state index in [1.807, 2.05) is 18.5 Å². The van der Waals surface area contributed by atoms with Gasteiger partial charge >= 0.3 is 0 Å². The number of ether oxygens (including phenoxy) is 1. The molecular weight excluding hydrogens is 348 g/mol. The Bertz CT molecular complexity index is 705. The monoisotopic (exact) mass is 376 g/mol. The lowest BCUT2D eigenvalue weighted by Crippen LogP contribution is -2.42. The molecule has 0 amide bonds. The third kappa shape index (κ3) is 5.04. The van der Waals surface area contributed by atoms with E-state index < -0.39 is 0 Å². The SMILES string of the molecule is Cc1nnc(CN=C(NCC2CCCO2)NCC(C)c2ccsc2)n1C. The Balaban J connectivity index is 1.59. The molecule has 3 heterocycles. The Hall–Kier alpha value is -1.93. The molecule has 2 N–H and O–H groups in total. The maximum atomic E-state index is 5.70. The molecule has 142 valence electrons. The first-order chi connectivity index (χ1) is 12.6. The molecule has 2 aromatic rings. The Morgan fingerprint density at radius 2 is 2.35 bits per heavy atom. The van der Waals surface area contributed by atoms with Gasteiger partial charge in [-0.15, -0.1) is 10.2 Å². The predicted molar refractivity (Wildman–Crippen MR) is 105 cm³/mol. The number of hydrogen-bond donors (Lipinski definition) is 2.